The molecular weight excluding hydrogens is 745 g/mol. The number of likely N-dealkylation sites (tertiary alicyclic amines) is 1. The van der Waals surface area contributed by atoms with Crippen LogP contribution >= 0.6 is 0 Å². The standard InChI is InChI=1S/C43H72N6O9/c1-14-28(6)38(48(11)42(54)36(26(2)3)45-41(53)37(27(4)5)47(10)35(51)25-46(8)9)33(57-12)24-34(50)49-22-18-21-32(49)39(58-13)29(7)40(52)44-31(43(55)56)23-30-19-16-15-17-20-30/h15-17,19-20,26-29,31-33,36-39H,14,18,21-25H2,1-13H3,(H,44,52)(H,45,53)(H,55,56)/t28-,29+,31-,32-,33+,36?,37-,38-,39+/m0/s1. The molecule has 1 saturated heterocycles. The summed E-state index contributed by atoms with van der Waals surface area (Å²) in [6.45, 7) is 13.7. The number of hydrogen-bond acceptors (Lipinski definition) is 9. The van der Waals surface area contributed by atoms with Crippen LogP contribution in [0.25, 0.3) is 0 Å². The van der Waals surface area contributed by atoms with E-state index in [4.69, 9.17) is 9.47 Å². The number of carbonyl (C=O) groups is 6. The fraction of sp³-hybridized carbons (Fsp3) is 0.721. The number of carboxylic acids is 1. The first-order valence-corrected chi connectivity index (χ1v) is 20.6. The Morgan fingerprint density at radius 2 is 1.48 bits per heavy atom. The van der Waals surface area contributed by atoms with Gasteiger partial charge in [-0.25, -0.2) is 4.79 Å². The largest absolute Gasteiger partial charge is 0.480 e. The molecule has 5 amide bonds. The maximum atomic E-state index is 14.4. The van der Waals surface area contributed by atoms with Gasteiger partial charge in [-0.3, -0.25) is 24.0 Å². The Kier molecular flexibility index (Phi) is 20.3. The molecule has 0 aromatic heterocycles. The van der Waals surface area contributed by atoms with Gasteiger partial charge in [-0.2, -0.15) is 0 Å². The van der Waals surface area contributed by atoms with Gasteiger partial charge in [0.05, 0.1) is 43.2 Å². The van der Waals surface area contributed by atoms with Gasteiger partial charge in [0, 0.05) is 41.3 Å². The highest BCUT2D eigenvalue weighted by molar-refractivity contribution is 5.93. The van der Waals surface area contributed by atoms with E-state index < -0.39 is 66.1 Å². The molecule has 328 valence electrons. The average molecular weight is 817 g/mol. The zero-order valence-electron chi connectivity index (χ0n) is 37.2. The molecule has 1 fully saturated rings. The van der Waals surface area contributed by atoms with E-state index in [1.165, 1.54) is 19.1 Å². The van der Waals surface area contributed by atoms with Crippen LogP contribution in [0.5, 0.6) is 0 Å². The van der Waals surface area contributed by atoms with Gasteiger partial charge in [-0.15, -0.1) is 0 Å². The fourth-order valence-corrected chi connectivity index (χ4v) is 8.09. The molecule has 1 heterocycles. The van der Waals surface area contributed by atoms with Gasteiger partial charge >= 0.3 is 5.97 Å². The number of rotatable bonds is 23. The van der Waals surface area contributed by atoms with Crippen LogP contribution in [0.4, 0.5) is 0 Å². The van der Waals surface area contributed by atoms with Gasteiger partial charge in [0.2, 0.25) is 29.5 Å². The van der Waals surface area contributed by atoms with Crippen molar-refractivity contribution in [2.75, 3.05) is 55.5 Å². The van der Waals surface area contributed by atoms with Gasteiger partial charge in [0.15, 0.2) is 0 Å². The Bertz CT molecular complexity index is 1510. The summed E-state index contributed by atoms with van der Waals surface area (Å²) in [6.07, 6.45) is 0.584. The molecule has 15 nitrogen and oxygen atoms in total. The third-order valence-electron chi connectivity index (χ3n) is 11.5. The predicted octanol–water partition coefficient (Wildman–Crippen LogP) is 2.90. The Balaban J connectivity index is 2.30. The molecule has 1 unspecified atom stereocenters. The molecule has 1 aromatic rings. The molecule has 0 bridgehead atoms. The van der Waals surface area contributed by atoms with Gasteiger partial charge < -0.3 is 44.8 Å². The Hall–Kier alpha value is -4.08. The molecule has 0 spiro atoms. The van der Waals surface area contributed by atoms with E-state index in [2.05, 4.69) is 10.6 Å². The highest BCUT2D eigenvalue weighted by Crippen LogP contribution is 2.30. The van der Waals surface area contributed by atoms with Crippen LogP contribution in [0.15, 0.2) is 30.3 Å². The molecular formula is C43H72N6O9. The van der Waals surface area contributed by atoms with Crippen molar-refractivity contribution >= 4 is 35.5 Å². The number of ether oxygens (including phenoxy) is 2. The molecule has 0 aliphatic carbocycles. The predicted molar refractivity (Wildman–Crippen MR) is 223 cm³/mol. The van der Waals surface area contributed by atoms with Crippen LogP contribution in [0.3, 0.4) is 0 Å². The normalized spacial score (nSPS) is 18.5. The summed E-state index contributed by atoms with van der Waals surface area (Å²) in [5.74, 6) is -4.22. The number of benzene rings is 1. The molecule has 0 saturated carbocycles. The minimum atomic E-state index is -1.15. The molecule has 1 aliphatic rings. The van der Waals surface area contributed by atoms with E-state index in [-0.39, 0.29) is 54.9 Å². The monoisotopic (exact) mass is 817 g/mol. The maximum Gasteiger partial charge on any atom is 0.326 e. The summed E-state index contributed by atoms with van der Waals surface area (Å²) in [7, 11) is 9.84. The Labute approximate surface area is 346 Å². The molecule has 15 heteroatoms. The van der Waals surface area contributed by atoms with E-state index in [1.807, 2.05) is 59.7 Å². The summed E-state index contributed by atoms with van der Waals surface area (Å²) in [5.41, 5.74) is 0.773. The van der Waals surface area contributed by atoms with E-state index in [1.54, 1.807) is 61.9 Å². The highest BCUT2D eigenvalue weighted by atomic mass is 16.5. The lowest BCUT2D eigenvalue weighted by atomic mass is 9.89. The number of amides is 5. The van der Waals surface area contributed by atoms with Gasteiger partial charge in [0.1, 0.15) is 18.1 Å². The molecule has 58 heavy (non-hydrogen) atoms. The van der Waals surface area contributed by atoms with Gasteiger partial charge in [-0.1, -0.05) is 85.2 Å². The average Bonchev–Trinajstić information content (AvgIpc) is 3.65. The van der Waals surface area contributed by atoms with Crippen LogP contribution in [-0.2, 0) is 44.7 Å². The van der Waals surface area contributed by atoms with E-state index >= 15 is 0 Å². The van der Waals surface area contributed by atoms with Crippen molar-refractivity contribution in [2.24, 2.45) is 23.7 Å². The third kappa shape index (κ3) is 13.5. The lowest BCUT2D eigenvalue weighted by Crippen LogP contribution is -2.60. The van der Waals surface area contributed by atoms with E-state index in [9.17, 15) is 33.9 Å². The van der Waals surface area contributed by atoms with Crippen LogP contribution < -0.4 is 10.6 Å². The number of hydrogen-bond donors (Lipinski definition) is 3. The quantitative estimate of drug-likeness (QED) is 0.149. The molecule has 9 atom stereocenters. The van der Waals surface area contributed by atoms with Crippen LogP contribution in [0, 0.1) is 23.7 Å². The second-order valence-corrected chi connectivity index (χ2v) is 16.8. The van der Waals surface area contributed by atoms with Crippen molar-refractivity contribution < 1.29 is 43.3 Å². The topological polar surface area (TPSA) is 178 Å². The van der Waals surface area contributed by atoms with E-state index in [0.717, 1.165) is 5.56 Å². The van der Waals surface area contributed by atoms with Crippen molar-refractivity contribution in [3.63, 3.8) is 0 Å². The summed E-state index contributed by atoms with van der Waals surface area (Å²) >= 11 is 0. The summed E-state index contributed by atoms with van der Waals surface area (Å²) < 4.78 is 11.9. The zero-order valence-corrected chi connectivity index (χ0v) is 37.2. The number of carboxylic acid groups (broad SMARTS) is 1. The Morgan fingerprint density at radius 1 is 0.862 bits per heavy atom. The molecule has 3 N–H and O–H groups in total. The lowest BCUT2D eigenvalue weighted by Gasteiger charge is -2.41. The number of carbonyl (C=O) groups excluding carboxylic acids is 5. The second kappa shape index (κ2) is 23.5. The second-order valence-electron chi connectivity index (χ2n) is 16.8. The van der Waals surface area contributed by atoms with Gasteiger partial charge in [0.25, 0.3) is 0 Å². The summed E-state index contributed by atoms with van der Waals surface area (Å²) in [5, 5.41) is 15.5. The number of methoxy groups -OCH3 is 2. The van der Waals surface area contributed by atoms with Crippen LogP contribution in [0.2, 0.25) is 0 Å². The minimum absolute atomic E-state index is 0.0539. The van der Waals surface area contributed by atoms with Crippen molar-refractivity contribution in [1.82, 2.24) is 30.2 Å². The third-order valence-corrected chi connectivity index (χ3v) is 11.5. The smallest absolute Gasteiger partial charge is 0.326 e. The Morgan fingerprint density at radius 3 is 1.98 bits per heavy atom. The number of aliphatic carboxylic acids is 1. The fourth-order valence-electron chi connectivity index (χ4n) is 8.09. The number of nitrogens with one attached hydrogen (secondary N) is 2. The molecule has 1 aromatic carbocycles. The minimum Gasteiger partial charge on any atom is -0.480 e. The zero-order chi connectivity index (χ0) is 44.0. The van der Waals surface area contributed by atoms with Crippen LogP contribution in [-0.4, -0.2) is 158 Å². The maximum absolute atomic E-state index is 14.4. The van der Waals surface area contributed by atoms with Crippen molar-refractivity contribution in [3.05, 3.63) is 35.9 Å². The summed E-state index contributed by atoms with van der Waals surface area (Å²) in [6, 6.07) is 5.21. The highest BCUT2D eigenvalue weighted by Gasteiger charge is 2.43. The number of nitrogens with zero attached hydrogens (tertiary/aromatic N) is 4. The van der Waals surface area contributed by atoms with Crippen molar-refractivity contribution in [3.8, 4) is 0 Å². The first-order valence-electron chi connectivity index (χ1n) is 20.6. The first-order chi connectivity index (χ1) is 27.2. The molecule has 0 radical (unpaired) electrons. The molecule has 1 aliphatic heterocycles. The molecule has 2 rings (SSSR count). The number of likely N-dealkylation sites (N-methyl/N-ethyl adjacent to an activating group) is 3. The lowest BCUT2D eigenvalue weighted by molar-refractivity contribution is -0.149. The van der Waals surface area contributed by atoms with Crippen molar-refractivity contribution in [2.45, 2.75) is 123 Å². The summed E-state index contributed by atoms with van der Waals surface area (Å²) in [4.78, 5) is 87.6. The van der Waals surface area contributed by atoms with E-state index in [0.29, 0.717) is 25.8 Å². The SMILES string of the molecule is CC[C@H](C)[C@@H]([C@@H](CC(=O)N1CCC[C@H]1[C@H](OC)[C@@H](C)C(=O)N[C@@H](Cc1ccccc1)C(=O)O)OC)N(C)C(=O)C(NC(=O)[C@H](C(C)C)N(C)C(=O)CN(C)C)C(C)C. The van der Waals surface area contributed by atoms with Crippen molar-refractivity contribution in [1.29, 1.82) is 0 Å². The van der Waals surface area contributed by atoms with Gasteiger partial charge in [-0.05, 0) is 50.3 Å². The van der Waals surface area contributed by atoms with Crippen LogP contribution in [0.1, 0.15) is 79.7 Å². The first kappa shape index (κ1) is 50.1.